The number of rotatable bonds is 8. The van der Waals surface area contributed by atoms with Gasteiger partial charge in [-0.05, 0) is 68.8 Å². The van der Waals surface area contributed by atoms with E-state index < -0.39 is 10.0 Å². The highest BCUT2D eigenvalue weighted by atomic mass is 32.2. The van der Waals surface area contributed by atoms with Crippen LogP contribution in [0.25, 0.3) is 0 Å². The topological polar surface area (TPSA) is 75.7 Å². The molecule has 0 bridgehead atoms. The molecule has 1 N–H and O–H groups in total. The smallest absolute Gasteiger partial charge is 0.264 e. The molecule has 3 aromatic carbocycles. The van der Waals surface area contributed by atoms with Gasteiger partial charge in [0, 0.05) is 12.6 Å². The van der Waals surface area contributed by atoms with E-state index in [0.717, 1.165) is 16.9 Å². The minimum Gasteiger partial charge on any atom is -0.491 e. The van der Waals surface area contributed by atoms with Crippen LogP contribution in [0.3, 0.4) is 0 Å². The fourth-order valence-electron chi connectivity index (χ4n) is 3.22. The van der Waals surface area contributed by atoms with Gasteiger partial charge in [0.05, 0.1) is 17.1 Å². The standard InChI is InChI=1S/C25H28N2O4S/c1-18-5-12-23(13-6-18)32(29,30)27(4)22-10-8-21(9-11-22)25(28)26-15-16-31-24-14-7-19(2)17-20(24)3/h5-14,17H,15-16H2,1-4H3,(H,26,28). The Bertz CT molecular complexity index is 1190. The van der Waals surface area contributed by atoms with Gasteiger partial charge in [-0.1, -0.05) is 35.4 Å². The van der Waals surface area contributed by atoms with Crippen molar-refractivity contribution in [3.63, 3.8) is 0 Å². The van der Waals surface area contributed by atoms with Crippen LogP contribution in [0.4, 0.5) is 5.69 Å². The Kier molecular flexibility index (Phi) is 7.20. The fourth-order valence-corrected chi connectivity index (χ4v) is 4.41. The minimum atomic E-state index is -3.68. The number of hydrogen-bond donors (Lipinski definition) is 1. The van der Waals surface area contributed by atoms with E-state index in [4.69, 9.17) is 4.74 Å². The van der Waals surface area contributed by atoms with Crippen LogP contribution >= 0.6 is 0 Å². The molecule has 0 radical (unpaired) electrons. The number of nitrogens with zero attached hydrogens (tertiary/aromatic N) is 1. The molecular weight excluding hydrogens is 424 g/mol. The fraction of sp³-hybridized carbons (Fsp3) is 0.240. The third-order valence-corrected chi connectivity index (χ3v) is 6.95. The lowest BCUT2D eigenvalue weighted by molar-refractivity contribution is 0.0947. The van der Waals surface area contributed by atoms with E-state index in [1.54, 1.807) is 48.5 Å². The summed E-state index contributed by atoms with van der Waals surface area (Å²) < 4.78 is 32.6. The molecule has 6 nitrogen and oxygen atoms in total. The Hall–Kier alpha value is -3.32. The van der Waals surface area contributed by atoms with Crippen molar-refractivity contribution in [2.45, 2.75) is 25.7 Å². The predicted octanol–water partition coefficient (Wildman–Crippen LogP) is 4.25. The van der Waals surface area contributed by atoms with Gasteiger partial charge in [0.1, 0.15) is 12.4 Å². The Balaban J connectivity index is 1.57. The molecule has 0 aromatic heterocycles. The van der Waals surface area contributed by atoms with Crippen molar-refractivity contribution < 1.29 is 17.9 Å². The van der Waals surface area contributed by atoms with Crippen molar-refractivity contribution in [2.75, 3.05) is 24.5 Å². The molecule has 0 aliphatic carbocycles. The molecule has 0 fully saturated rings. The first-order valence-electron chi connectivity index (χ1n) is 10.3. The number of aryl methyl sites for hydroxylation is 3. The molecule has 0 atom stereocenters. The minimum absolute atomic E-state index is 0.219. The summed E-state index contributed by atoms with van der Waals surface area (Å²) in [5, 5.41) is 2.81. The van der Waals surface area contributed by atoms with Gasteiger partial charge < -0.3 is 10.1 Å². The molecule has 0 aliphatic heterocycles. The zero-order chi connectivity index (χ0) is 23.3. The Morgan fingerprint density at radius 2 is 1.53 bits per heavy atom. The van der Waals surface area contributed by atoms with Crippen LogP contribution in [0.1, 0.15) is 27.0 Å². The van der Waals surface area contributed by atoms with E-state index in [0.29, 0.717) is 24.4 Å². The monoisotopic (exact) mass is 452 g/mol. The van der Waals surface area contributed by atoms with Gasteiger partial charge in [-0.2, -0.15) is 0 Å². The molecule has 7 heteroatoms. The summed E-state index contributed by atoms with van der Waals surface area (Å²) in [7, 11) is -2.18. The zero-order valence-corrected chi connectivity index (χ0v) is 19.6. The summed E-state index contributed by atoms with van der Waals surface area (Å²) >= 11 is 0. The lowest BCUT2D eigenvalue weighted by Crippen LogP contribution is -2.28. The quantitative estimate of drug-likeness (QED) is 0.519. The van der Waals surface area contributed by atoms with Gasteiger partial charge in [0.15, 0.2) is 0 Å². The first kappa shape index (κ1) is 23.3. The molecule has 32 heavy (non-hydrogen) atoms. The van der Waals surface area contributed by atoms with Gasteiger partial charge >= 0.3 is 0 Å². The van der Waals surface area contributed by atoms with E-state index in [9.17, 15) is 13.2 Å². The average molecular weight is 453 g/mol. The lowest BCUT2D eigenvalue weighted by Gasteiger charge is -2.20. The summed E-state index contributed by atoms with van der Waals surface area (Å²) in [6.45, 7) is 6.62. The molecular formula is C25H28N2O4S. The number of hydrogen-bond acceptors (Lipinski definition) is 4. The van der Waals surface area contributed by atoms with E-state index in [-0.39, 0.29) is 10.8 Å². The van der Waals surface area contributed by atoms with Crippen molar-refractivity contribution in [1.82, 2.24) is 5.32 Å². The molecule has 3 rings (SSSR count). The van der Waals surface area contributed by atoms with Crippen molar-refractivity contribution in [3.8, 4) is 5.75 Å². The zero-order valence-electron chi connectivity index (χ0n) is 18.8. The first-order chi connectivity index (χ1) is 15.2. The Labute approximate surface area is 189 Å². The Morgan fingerprint density at radius 1 is 0.906 bits per heavy atom. The van der Waals surface area contributed by atoms with Crippen LogP contribution < -0.4 is 14.4 Å². The van der Waals surface area contributed by atoms with Gasteiger partial charge in [-0.15, -0.1) is 0 Å². The van der Waals surface area contributed by atoms with Crippen molar-refractivity contribution >= 4 is 21.6 Å². The van der Waals surface area contributed by atoms with Crippen molar-refractivity contribution in [1.29, 1.82) is 0 Å². The number of sulfonamides is 1. The van der Waals surface area contributed by atoms with Crippen molar-refractivity contribution in [2.24, 2.45) is 0 Å². The van der Waals surface area contributed by atoms with Gasteiger partial charge in [-0.3, -0.25) is 9.10 Å². The maximum atomic E-state index is 12.8. The molecule has 0 heterocycles. The van der Waals surface area contributed by atoms with Gasteiger partial charge in [0.2, 0.25) is 0 Å². The molecule has 0 aliphatic rings. The third-order valence-electron chi connectivity index (χ3n) is 5.15. The van der Waals surface area contributed by atoms with Crippen LogP contribution in [0.5, 0.6) is 5.75 Å². The average Bonchev–Trinajstić information content (AvgIpc) is 2.77. The lowest BCUT2D eigenvalue weighted by atomic mass is 10.1. The third kappa shape index (κ3) is 5.48. The van der Waals surface area contributed by atoms with Crippen LogP contribution in [0.15, 0.2) is 71.6 Å². The number of carbonyl (C=O) groups is 1. The maximum Gasteiger partial charge on any atom is 0.264 e. The van der Waals surface area contributed by atoms with Crippen LogP contribution in [0.2, 0.25) is 0 Å². The Morgan fingerprint density at radius 3 is 2.16 bits per heavy atom. The summed E-state index contributed by atoms with van der Waals surface area (Å²) in [6.07, 6.45) is 0. The van der Waals surface area contributed by atoms with Gasteiger partial charge in [-0.25, -0.2) is 8.42 Å². The SMILES string of the molecule is Cc1ccc(S(=O)(=O)N(C)c2ccc(C(=O)NCCOc3ccc(C)cc3C)cc2)cc1. The molecule has 3 aromatic rings. The summed E-state index contributed by atoms with van der Waals surface area (Å²) in [5.74, 6) is 0.553. The molecule has 168 valence electrons. The van der Waals surface area contributed by atoms with Crippen molar-refractivity contribution in [3.05, 3.63) is 89.0 Å². The summed E-state index contributed by atoms with van der Waals surface area (Å²) in [5.41, 5.74) is 4.13. The second-order valence-corrected chi connectivity index (χ2v) is 9.68. The molecule has 1 amide bonds. The summed E-state index contributed by atoms with van der Waals surface area (Å²) in [4.78, 5) is 12.6. The molecule has 0 unspecified atom stereocenters. The van der Waals surface area contributed by atoms with Crippen LogP contribution in [-0.2, 0) is 10.0 Å². The van der Waals surface area contributed by atoms with E-state index in [1.165, 1.54) is 16.9 Å². The highest BCUT2D eigenvalue weighted by Gasteiger charge is 2.21. The van der Waals surface area contributed by atoms with E-state index >= 15 is 0 Å². The second kappa shape index (κ2) is 9.87. The number of benzene rings is 3. The number of amides is 1. The normalized spacial score (nSPS) is 11.1. The first-order valence-corrected chi connectivity index (χ1v) is 11.8. The summed E-state index contributed by atoms with van der Waals surface area (Å²) in [6, 6.07) is 19.1. The van der Waals surface area contributed by atoms with Crippen LogP contribution in [0, 0.1) is 20.8 Å². The van der Waals surface area contributed by atoms with E-state index in [2.05, 4.69) is 5.32 Å². The molecule has 0 spiro atoms. The number of ether oxygens (including phenoxy) is 1. The maximum absolute atomic E-state index is 12.8. The van der Waals surface area contributed by atoms with Gasteiger partial charge in [0.25, 0.3) is 15.9 Å². The van der Waals surface area contributed by atoms with E-state index in [1.807, 2.05) is 39.0 Å². The predicted molar refractivity (Wildman–Crippen MR) is 127 cm³/mol. The van der Waals surface area contributed by atoms with Crippen LogP contribution in [-0.4, -0.2) is 34.5 Å². The largest absolute Gasteiger partial charge is 0.491 e. The number of nitrogens with one attached hydrogen (secondary N) is 1. The number of anilines is 1. The highest BCUT2D eigenvalue weighted by Crippen LogP contribution is 2.23. The number of carbonyl (C=O) groups excluding carboxylic acids is 1. The second-order valence-electron chi connectivity index (χ2n) is 7.71. The molecule has 0 saturated heterocycles. The highest BCUT2D eigenvalue weighted by molar-refractivity contribution is 7.92. The molecule has 0 saturated carbocycles.